The molecule has 0 saturated carbocycles. The van der Waals surface area contributed by atoms with Gasteiger partial charge in [-0.1, -0.05) is 49.0 Å². The minimum absolute atomic E-state index is 0.641. The molecule has 1 aromatic rings. The minimum atomic E-state index is 0.641. The molecule has 0 aliphatic heterocycles. The van der Waals surface area contributed by atoms with Gasteiger partial charge >= 0.3 is 0 Å². The average molecular weight is 288 g/mol. The van der Waals surface area contributed by atoms with Crippen molar-refractivity contribution in [2.75, 3.05) is 13.1 Å². The number of halogens is 2. The predicted octanol–water partition coefficient (Wildman–Crippen LogP) is 5.10. The van der Waals surface area contributed by atoms with E-state index in [-0.39, 0.29) is 0 Å². The lowest BCUT2D eigenvalue weighted by Crippen LogP contribution is -2.15. The van der Waals surface area contributed by atoms with Crippen molar-refractivity contribution in [3.05, 3.63) is 33.8 Å². The second kappa shape index (κ2) is 9.66. The normalized spacial score (nSPS) is 10.8. The molecule has 18 heavy (non-hydrogen) atoms. The third-order valence-corrected chi connectivity index (χ3v) is 3.72. The Morgan fingerprint density at radius 2 is 1.72 bits per heavy atom. The van der Waals surface area contributed by atoms with E-state index in [0.717, 1.165) is 19.5 Å². The maximum Gasteiger partial charge on any atom is 0.0595 e. The molecule has 0 amide bonds. The third-order valence-electron chi connectivity index (χ3n) is 2.98. The number of unbranched alkanes of at least 4 members (excludes halogenated alkanes) is 3. The fourth-order valence-electron chi connectivity index (χ4n) is 1.93. The van der Waals surface area contributed by atoms with E-state index in [1.54, 1.807) is 0 Å². The molecule has 0 unspecified atom stereocenters. The third kappa shape index (κ3) is 6.63. The summed E-state index contributed by atoms with van der Waals surface area (Å²) < 4.78 is 0. The van der Waals surface area contributed by atoms with Crippen LogP contribution in [0.15, 0.2) is 18.2 Å². The molecule has 102 valence electrons. The van der Waals surface area contributed by atoms with Crippen LogP contribution < -0.4 is 5.32 Å². The van der Waals surface area contributed by atoms with Gasteiger partial charge in [0, 0.05) is 0 Å². The van der Waals surface area contributed by atoms with Gasteiger partial charge in [-0.25, -0.2) is 0 Å². The van der Waals surface area contributed by atoms with Crippen LogP contribution in [0, 0.1) is 0 Å². The molecule has 0 atom stereocenters. The summed E-state index contributed by atoms with van der Waals surface area (Å²) in [6.45, 7) is 4.49. The summed E-state index contributed by atoms with van der Waals surface area (Å²) in [5.74, 6) is 0. The van der Waals surface area contributed by atoms with E-state index in [1.807, 2.05) is 12.1 Å². The van der Waals surface area contributed by atoms with E-state index < -0.39 is 0 Å². The summed E-state index contributed by atoms with van der Waals surface area (Å²) in [6.07, 6.45) is 7.41. The molecule has 0 fully saturated rings. The monoisotopic (exact) mass is 287 g/mol. The first-order valence-corrected chi connectivity index (χ1v) is 7.64. The Morgan fingerprint density at radius 1 is 0.944 bits per heavy atom. The van der Waals surface area contributed by atoms with Crippen LogP contribution in [-0.2, 0) is 6.42 Å². The summed E-state index contributed by atoms with van der Waals surface area (Å²) >= 11 is 11.9. The highest BCUT2D eigenvalue weighted by Crippen LogP contribution is 2.23. The van der Waals surface area contributed by atoms with Crippen molar-refractivity contribution in [1.82, 2.24) is 5.32 Å². The molecule has 0 aliphatic rings. The van der Waals surface area contributed by atoms with Crippen molar-refractivity contribution in [1.29, 1.82) is 0 Å². The molecular formula is C15H23Cl2N. The number of nitrogens with one attached hydrogen (secondary N) is 1. The van der Waals surface area contributed by atoms with Crippen LogP contribution in [0.4, 0.5) is 0 Å². The molecule has 0 spiro atoms. The van der Waals surface area contributed by atoms with Gasteiger partial charge in [0.1, 0.15) is 0 Å². The molecule has 0 radical (unpaired) electrons. The topological polar surface area (TPSA) is 12.0 Å². The van der Waals surface area contributed by atoms with Gasteiger partial charge in [0.2, 0.25) is 0 Å². The Bertz CT molecular complexity index is 339. The van der Waals surface area contributed by atoms with Crippen molar-refractivity contribution in [3.63, 3.8) is 0 Å². The van der Waals surface area contributed by atoms with E-state index in [9.17, 15) is 0 Å². The number of rotatable bonds is 9. The van der Waals surface area contributed by atoms with Gasteiger partial charge in [-0.3, -0.25) is 0 Å². The van der Waals surface area contributed by atoms with Crippen molar-refractivity contribution >= 4 is 23.2 Å². The van der Waals surface area contributed by atoms with Crippen LogP contribution >= 0.6 is 23.2 Å². The number of hydrogen-bond acceptors (Lipinski definition) is 1. The van der Waals surface area contributed by atoms with Crippen molar-refractivity contribution in [2.45, 2.75) is 45.4 Å². The molecule has 0 bridgehead atoms. The standard InChI is InChI=1S/C15H23Cl2N/c1-2-10-18-11-6-4-3-5-7-13-8-9-14(16)15(17)12-13/h8-9,12,18H,2-7,10-11H2,1H3. The highest BCUT2D eigenvalue weighted by Gasteiger charge is 1.99. The highest BCUT2D eigenvalue weighted by atomic mass is 35.5. The van der Waals surface area contributed by atoms with Crippen molar-refractivity contribution in [3.8, 4) is 0 Å². The van der Waals surface area contributed by atoms with Crippen LogP contribution in [0.5, 0.6) is 0 Å². The fourth-order valence-corrected chi connectivity index (χ4v) is 2.25. The molecule has 0 heterocycles. The highest BCUT2D eigenvalue weighted by molar-refractivity contribution is 6.42. The molecule has 0 saturated heterocycles. The first-order chi connectivity index (χ1) is 8.74. The zero-order valence-electron chi connectivity index (χ0n) is 11.1. The first kappa shape index (κ1) is 15.8. The number of hydrogen-bond donors (Lipinski definition) is 1. The van der Waals surface area contributed by atoms with Gasteiger partial charge in [-0.05, 0) is 56.5 Å². The Balaban J connectivity index is 2.05. The van der Waals surface area contributed by atoms with Crippen LogP contribution in [-0.4, -0.2) is 13.1 Å². The Hall–Kier alpha value is -0.240. The predicted molar refractivity (Wildman–Crippen MR) is 81.8 cm³/mol. The maximum absolute atomic E-state index is 5.98. The number of benzene rings is 1. The lowest BCUT2D eigenvalue weighted by Gasteiger charge is -2.04. The Morgan fingerprint density at radius 3 is 2.44 bits per heavy atom. The van der Waals surface area contributed by atoms with Gasteiger partial charge in [0.25, 0.3) is 0 Å². The summed E-state index contributed by atoms with van der Waals surface area (Å²) in [5, 5.41) is 4.73. The smallest absolute Gasteiger partial charge is 0.0595 e. The number of aryl methyl sites for hydroxylation is 1. The minimum Gasteiger partial charge on any atom is -0.317 e. The lowest BCUT2D eigenvalue weighted by atomic mass is 10.1. The lowest BCUT2D eigenvalue weighted by molar-refractivity contribution is 0.585. The summed E-state index contributed by atoms with van der Waals surface area (Å²) in [4.78, 5) is 0. The molecule has 0 aromatic heterocycles. The maximum atomic E-state index is 5.98. The zero-order valence-corrected chi connectivity index (χ0v) is 12.7. The van der Waals surface area contributed by atoms with Gasteiger partial charge in [0.05, 0.1) is 10.0 Å². The molecule has 3 heteroatoms. The molecule has 1 N–H and O–H groups in total. The van der Waals surface area contributed by atoms with Crippen LogP contribution in [0.1, 0.15) is 44.6 Å². The second-order valence-electron chi connectivity index (χ2n) is 4.66. The summed E-state index contributed by atoms with van der Waals surface area (Å²) in [5.41, 5.74) is 1.29. The van der Waals surface area contributed by atoms with E-state index in [4.69, 9.17) is 23.2 Å². The summed E-state index contributed by atoms with van der Waals surface area (Å²) in [7, 11) is 0. The quantitative estimate of drug-likeness (QED) is 0.624. The molecular weight excluding hydrogens is 265 g/mol. The van der Waals surface area contributed by atoms with E-state index in [0.29, 0.717) is 10.0 Å². The second-order valence-corrected chi connectivity index (χ2v) is 5.48. The average Bonchev–Trinajstić information content (AvgIpc) is 2.37. The van der Waals surface area contributed by atoms with Gasteiger partial charge in [-0.2, -0.15) is 0 Å². The Kier molecular flexibility index (Phi) is 8.49. The Labute approximate surface area is 121 Å². The van der Waals surface area contributed by atoms with Gasteiger partial charge in [0.15, 0.2) is 0 Å². The first-order valence-electron chi connectivity index (χ1n) is 6.88. The largest absolute Gasteiger partial charge is 0.317 e. The molecule has 0 aliphatic carbocycles. The fraction of sp³-hybridized carbons (Fsp3) is 0.600. The molecule has 1 nitrogen and oxygen atoms in total. The molecule has 1 rings (SSSR count). The van der Waals surface area contributed by atoms with Crippen LogP contribution in [0.2, 0.25) is 10.0 Å². The van der Waals surface area contributed by atoms with Crippen molar-refractivity contribution in [2.24, 2.45) is 0 Å². The van der Waals surface area contributed by atoms with Crippen LogP contribution in [0.25, 0.3) is 0 Å². The van der Waals surface area contributed by atoms with E-state index >= 15 is 0 Å². The van der Waals surface area contributed by atoms with Gasteiger partial charge in [-0.15, -0.1) is 0 Å². The van der Waals surface area contributed by atoms with E-state index in [2.05, 4.69) is 18.3 Å². The van der Waals surface area contributed by atoms with Gasteiger partial charge < -0.3 is 5.32 Å². The summed E-state index contributed by atoms with van der Waals surface area (Å²) in [6, 6.07) is 5.93. The molecule has 1 aromatic carbocycles. The zero-order chi connectivity index (χ0) is 13.2. The van der Waals surface area contributed by atoms with Crippen LogP contribution in [0.3, 0.4) is 0 Å². The van der Waals surface area contributed by atoms with E-state index in [1.165, 1.54) is 37.7 Å². The SMILES string of the molecule is CCCNCCCCCCc1ccc(Cl)c(Cl)c1. The van der Waals surface area contributed by atoms with Crippen molar-refractivity contribution < 1.29 is 0 Å².